The number of hydrogen-bond donors (Lipinski definition) is 1. The second-order valence-corrected chi connectivity index (χ2v) is 6.68. The Kier molecular flexibility index (Phi) is 5.27. The topological polar surface area (TPSA) is 41.6 Å². The number of halogens is 1. The van der Waals surface area contributed by atoms with E-state index in [0.717, 1.165) is 15.7 Å². The van der Waals surface area contributed by atoms with Gasteiger partial charge in [-0.2, -0.15) is 0 Å². The molecular formula is C16H23BrN2O2. The molecule has 1 N–H and O–H groups in total. The van der Waals surface area contributed by atoms with Gasteiger partial charge in [0.2, 0.25) is 5.91 Å². The molecule has 1 aliphatic heterocycles. The third kappa shape index (κ3) is 4.20. The van der Waals surface area contributed by atoms with Crippen LogP contribution in [0.25, 0.3) is 0 Å². The number of morpholine rings is 1. The Bertz CT molecular complexity index is 511. The van der Waals surface area contributed by atoms with Crippen molar-refractivity contribution in [3.8, 4) is 0 Å². The van der Waals surface area contributed by atoms with Crippen LogP contribution in [0.15, 0.2) is 22.7 Å². The van der Waals surface area contributed by atoms with Crippen molar-refractivity contribution in [1.29, 1.82) is 0 Å². The van der Waals surface area contributed by atoms with E-state index in [1.807, 2.05) is 50.8 Å². The van der Waals surface area contributed by atoms with Crippen molar-refractivity contribution in [2.75, 3.05) is 18.4 Å². The van der Waals surface area contributed by atoms with E-state index in [2.05, 4.69) is 21.2 Å². The molecule has 3 atom stereocenters. The average molecular weight is 355 g/mol. The van der Waals surface area contributed by atoms with Crippen LogP contribution in [0.4, 0.5) is 5.69 Å². The summed E-state index contributed by atoms with van der Waals surface area (Å²) in [5.74, 6) is 0.123. The SMILES string of the molecule is Cc1cc(NC(C)C(=O)N2CC(C)OC(C)C2)ccc1Br. The number of ether oxygens (including phenoxy) is 1. The van der Waals surface area contributed by atoms with Gasteiger partial charge >= 0.3 is 0 Å². The van der Waals surface area contributed by atoms with Crippen LogP contribution in [0.2, 0.25) is 0 Å². The first-order valence-corrected chi connectivity index (χ1v) is 8.13. The van der Waals surface area contributed by atoms with Crippen LogP contribution in [0.3, 0.4) is 0 Å². The van der Waals surface area contributed by atoms with Crippen molar-refractivity contribution in [2.45, 2.75) is 45.9 Å². The lowest BCUT2D eigenvalue weighted by molar-refractivity contribution is -0.143. The molecule has 21 heavy (non-hydrogen) atoms. The van der Waals surface area contributed by atoms with Crippen LogP contribution in [0, 0.1) is 6.92 Å². The summed E-state index contributed by atoms with van der Waals surface area (Å²) in [5, 5.41) is 3.28. The van der Waals surface area contributed by atoms with Gasteiger partial charge < -0.3 is 15.0 Å². The van der Waals surface area contributed by atoms with Crippen LogP contribution >= 0.6 is 15.9 Å². The van der Waals surface area contributed by atoms with Crippen molar-refractivity contribution < 1.29 is 9.53 Å². The number of rotatable bonds is 3. The summed E-state index contributed by atoms with van der Waals surface area (Å²) in [7, 11) is 0. The van der Waals surface area contributed by atoms with E-state index in [4.69, 9.17) is 4.74 Å². The van der Waals surface area contributed by atoms with Gasteiger partial charge in [-0.15, -0.1) is 0 Å². The minimum atomic E-state index is -0.247. The Balaban J connectivity index is 2.00. The zero-order valence-electron chi connectivity index (χ0n) is 13.0. The standard InChI is InChI=1S/C16H23BrN2O2/c1-10-7-14(5-6-15(10)17)18-13(4)16(20)19-8-11(2)21-12(3)9-19/h5-7,11-13,18H,8-9H2,1-4H3. The van der Waals surface area contributed by atoms with Crippen molar-refractivity contribution in [3.05, 3.63) is 28.2 Å². The summed E-state index contributed by atoms with van der Waals surface area (Å²) in [6.45, 7) is 9.28. The predicted octanol–water partition coefficient (Wildman–Crippen LogP) is 3.19. The molecule has 5 heteroatoms. The van der Waals surface area contributed by atoms with Crippen molar-refractivity contribution in [3.63, 3.8) is 0 Å². The molecule has 0 saturated carbocycles. The first kappa shape index (κ1) is 16.3. The highest BCUT2D eigenvalue weighted by molar-refractivity contribution is 9.10. The molecule has 0 aromatic heterocycles. The maximum Gasteiger partial charge on any atom is 0.244 e. The molecule has 0 aliphatic carbocycles. The number of benzene rings is 1. The zero-order valence-corrected chi connectivity index (χ0v) is 14.6. The highest BCUT2D eigenvalue weighted by atomic mass is 79.9. The van der Waals surface area contributed by atoms with Gasteiger partial charge in [0.15, 0.2) is 0 Å². The molecule has 0 bridgehead atoms. The molecule has 1 aliphatic rings. The molecular weight excluding hydrogens is 332 g/mol. The molecule has 1 aromatic carbocycles. The summed E-state index contributed by atoms with van der Waals surface area (Å²) >= 11 is 3.48. The molecule has 0 spiro atoms. The third-order valence-corrected chi connectivity index (χ3v) is 4.53. The Morgan fingerprint density at radius 1 is 1.38 bits per heavy atom. The molecule has 1 saturated heterocycles. The van der Waals surface area contributed by atoms with E-state index in [-0.39, 0.29) is 24.2 Å². The van der Waals surface area contributed by atoms with Gasteiger partial charge in [0, 0.05) is 23.2 Å². The summed E-state index contributed by atoms with van der Waals surface area (Å²) in [4.78, 5) is 14.4. The zero-order chi connectivity index (χ0) is 15.6. The van der Waals surface area contributed by atoms with Gasteiger partial charge in [-0.1, -0.05) is 15.9 Å². The Morgan fingerprint density at radius 2 is 2.00 bits per heavy atom. The maximum atomic E-state index is 12.5. The Morgan fingerprint density at radius 3 is 2.57 bits per heavy atom. The lowest BCUT2D eigenvalue weighted by Crippen LogP contribution is -2.52. The van der Waals surface area contributed by atoms with Gasteiger partial charge in [-0.3, -0.25) is 4.79 Å². The fourth-order valence-corrected chi connectivity index (χ4v) is 2.92. The van der Waals surface area contributed by atoms with Crippen LogP contribution < -0.4 is 5.32 Å². The van der Waals surface area contributed by atoms with E-state index >= 15 is 0 Å². The molecule has 2 rings (SSSR count). The average Bonchev–Trinajstić information content (AvgIpc) is 2.41. The maximum absolute atomic E-state index is 12.5. The fraction of sp³-hybridized carbons (Fsp3) is 0.562. The van der Waals surface area contributed by atoms with E-state index in [1.165, 1.54) is 0 Å². The number of nitrogens with one attached hydrogen (secondary N) is 1. The molecule has 4 nitrogen and oxygen atoms in total. The highest BCUT2D eigenvalue weighted by Gasteiger charge is 2.28. The molecule has 1 aromatic rings. The smallest absolute Gasteiger partial charge is 0.244 e. The van der Waals surface area contributed by atoms with Crippen molar-refractivity contribution in [1.82, 2.24) is 4.90 Å². The van der Waals surface area contributed by atoms with Gasteiger partial charge in [-0.25, -0.2) is 0 Å². The van der Waals surface area contributed by atoms with Gasteiger partial charge in [0.05, 0.1) is 12.2 Å². The summed E-state index contributed by atoms with van der Waals surface area (Å²) in [5.41, 5.74) is 2.11. The second kappa shape index (κ2) is 6.79. The van der Waals surface area contributed by atoms with Gasteiger partial charge in [0.25, 0.3) is 0 Å². The van der Waals surface area contributed by atoms with Crippen LogP contribution in [0.5, 0.6) is 0 Å². The fourth-order valence-electron chi connectivity index (χ4n) is 2.68. The number of anilines is 1. The number of hydrogen-bond acceptors (Lipinski definition) is 3. The summed E-state index contributed by atoms with van der Waals surface area (Å²) in [6, 6.07) is 5.76. The molecule has 3 unspecified atom stereocenters. The molecule has 116 valence electrons. The minimum absolute atomic E-state index is 0.0971. The number of carbonyl (C=O) groups excluding carboxylic acids is 1. The Hall–Kier alpha value is -1.07. The number of carbonyl (C=O) groups is 1. The number of amides is 1. The largest absolute Gasteiger partial charge is 0.374 e. The third-order valence-electron chi connectivity index (χ3n) is 3.64. The second-order valence-electron chi connectivity index (χ2n) is 5.83. The van der Waals surface area contributed by atoms with Gasteiger partial charge in [-0.05, 0) is 51.5 Å². The summed E-state index contributed by atoms with van der Waals surface area (Å²) in [6.07, 6.45) is 0.194. The van der Waals surface area contributed by atoms with E-state index in [1.54, 1.807) is 0 Å². The van der Waals surface area contributed by atoms with Gasteiger partial charge in [0.1, 0.15) is 6.04 Å². The first-order chi connectivity index (χ1) is 9.86. The quantitative estimate of drug-likeness (QED) is 0.906. The normalized spacial score (nSPS) is 23.8. The van der Waals surface area contributed by atoms with E-state index in [9.17, 15) is 4.79 Å². The molecule has 1 fully saturated rings. The van der Waals surface area contributed by atoms with Crippen molar-refractivity contribution >= 4 is 27.5 Å². The van der Waals surface area contributed by atoms with E-state index < -0.39 is 0 Å². The number of nitrogens with zero attached hydrogens (tertiary/aromatic N) is 1. The lowest BCUT2D eigenvalue weighted by Gasteiger charge is -2.36. The predicted molar refractivity (Wildman–Crippen MR) is 88.6 cm³/mol. The first-order valence-electron chi connectivity index (χ1n) is 7.33. The van der Waals surface area contributed by atoms with Crippen molar-refractivity contribution in [2.24, 2.45) is 0 Å². The summed E-state index contributed by atoms with van der Waals surface area (Å²) < 4.78 is 6.75. The Labute approximate surface area is 135 Å². The monoisotopic (exact) mass is 354 g/mol. The van der Waals surface area contributed by atoms with Crippen LogP contribution in [-0.4, -0.2) is 42.1 Å². The lowest BCUT2D eigenvalue weighted by atomic mass is 10.1. The number of aryl methyl sites for hydroxylation is 1. The highest BCUT2D eigenvalue weighted by Crippen LogP contribution is 2.21. The molecule has 0 radical (unpaired) electrons. The van der Waals surface area contributed by atoms with Crippen LogP contribution in [-0.2, 0) is 9.53 Å². The minimum Gasteiger partial charge on any atom is -0.374 e. The molecule has 1 amide bonds. The molecule has 1 heterocycles. The van der Waals surface area contributed by atoms with Crippen LogP contribution in [0.1, 0.15) is 26.3 Å². The van der Waals surface area contributed by atoms with E-state index in [0.29, 0.717) is 13.1 Å².